The number of carboxylic acid groups (broad SMARTS) is 1. The Labute approximate surface area is 612 Å². The number of nitrogens with zero attached hydrogens (tertiary/aromatic N) is 1. The lowest BCUT2D eigenvalue weighted by atomic mass is 10.0. The highest BCUT2D eigenvalue weighted by Gasteiger charge is 2.25. The first-order valence-electron chi connectivity index (χ1n) is 41.7. The Kier molecular flexibility index (Phi) is 75.9. The van der Waals surface area contributed by atoms with Crippen LogP contribution in [0.2, 0.25) is 0 Å². The third-order valence-electron chi connectivity index (χ3n) is 18.2. The maximum atomic E-state index is 13.0. The average Bonchev–Trinajstić information content (AvgIpc) is 1.16. The summed E-state index contributed by atoms with van der Waals surface area (Å²) in [6, 6.07) is 0. The smallest absolute Gasteiger partial charge is 0.361 e. The molecule has 0 aromatic rings. The van der Waals surface area contributed by atoms with E-state index in [1.165, 1.54) is 238 Å². The van der Waals surface area contributed by atoms with Gasteiger partial charge in [-0.15, -0.1) is 0 Å². The summed E-state index contributed by atoms with van der Waals surface area (Å²) in [6.07, 6.45) is 111. The second kappa shape index (κ2) is 79.4. The van der Waals surface area contributed by atoms with Crippen LogP contribution in [0.4, 0.5) is 0 Å². The largest absolute Gasteiger partial charge is 0.477 e. The minimum absolute atomic E-state index is 0.184. The fraction of sp³-hybridized carbons (Fsp3) is 0.744. The number of likely N-dealkylation sites (N-methyl/N-ethyl adjacent to an activating group) is 1. The van der Waals surface area contributed by atoms with E-state index in [0.29, 0.717) is 23.9 Å². The third-order valence-corrected chi connectivity index (χ3v) is 18.2. The van der Waals surface area contributed by atoms with Crippen molar-refractivity contribution in [2.45, 2.75) is 386 Å². The van der Waals surface area contributed by atoms with Crippen molar-refractivity contribution in [1.82, 2.24) is 0 Å². The molecule has 0 aromatic heterocycles. The predicted octanol–water partition coefficient (Wildman–Crippen LogP) is 27.0. The van der Waals surface area contributed by atoms with E-state index in [4.69, 9.17) is 18.9 Å². The number of ether oxygens (including phenoxy) is 4. The number of carboxylic acids is 1. The molecule has 99 heavy (non-hydrogen) atoms. The minimum Gasteiger partial charge on any atom is -0.477 e. The SMILES string of the molecule is CC/C=C\C/C=C\C/C=C\C/C=C\C/C=C\C/C=C\C/C=C\C/C=C\CCCCCCCCCCCCC(=O)OC(COC(=O)CCCCCCCCCCCCCCCCCCCCCCCCCCCCC/C=C\C/C=C\CCCCCCC)COC(OCC[N+](C)(C)C)C(=O)O. The van der Waals surface area contributed by atoms with Crippen molar-refractivity contribution >= 4 is 17.9 Å². The maximum Gasteiger partial charge on any atom is 0.361 e. The first-order valence-corrected chi connectivity index (χ1v) is 41.7. The molecule has 0 fully saturated rings. The van der Waals surface area contributed by atoms with Crippen LogP contribution in [0.3, 0.4) is 0 Å². The summed E-state index contributed by atoms with van der Waals surface area (Å²) in [5.74, 6) is -2.00. The Hall–Kier alpha value is -4.31. The first-order chi connectivity index (χ1) is 48.6. The fourth-order valence-electron chi connectivity index (χ4n) is 11.9. The lowest BCUT2D eigenvalue weighted by Gasteiger charge is -2.25. The lowest BCUT2D eigenvalue weighted by Crippen LogP contribution is -2.40. The fourth-order valence-corrected chi connectivity index (χ4v) is 11.9. The van der Waals surface area contributed by atoms with Gasteiger partial charge in [-0.2, -0.15) is 0 Å². The van der Waals surface area contributed by atoms with Crippen LogP contribution in [0.25, 0.3) is 0 Å². The highest BCUT2D eigenvalue weighted by molar-refractivity contribution is 5.71. The predicted molar refractivity (Wildman–Crippen MR) is 428 cm³/mol. The molecule has 0 aromatic carbocycles. The molecular weight excluding hydrogens is 1220 g/mol. The number of quaternary nitrogens is 1. The van der Waals surface area contributed by atoms with Crippen molar-refractivity contribution in [3.63, 3.8) is 0 Å². The van der Waals surface area contributed by atoms with E-state index >= 15 is 0 Å². The number of hydrogen-bond acceptors (Lipinski definition) is 7. The number of carbonyl (C=O) groups is 3. The molecule has 0 bridgehead atoms. The summed E-state index contributed by atoms with van der Waals surface area (Å²) < 4.78 is 23.1. The third kappa shape index (κ3) is 80.9. The summed E-state index contributed by atoms with van der Waals surface area (Å²) in [5.41, 5.74) is 0. The molecule has 2 unspecified atom stereocenters. The van der Waals surface area contributed by atoms with Gasteiger partial charge in [-0.25, -0.2) is 4.79 Å². The van der Waals surface area contributed by atoms with E-state index in [1.54, 1.807) is 0 Å². The van der Waals surface area contributed by atoms with Crippen LogP contribution in [-0.2, 0) is 33.3 Å². The number of rotatable bonds is 77. The van der Waals surface area contributed by atoms with Crippen LogP contribution < -0.4 is 0 Å². The van der Waals surface area contributed by atoms with Crippen molar-refractivity contribution in [2.24, 2.45) is 0 Å². The summed E-state index contributed by atoms with van der Waals surface area (Å²) in [6.45, 7) is 4.78. The van der Waals surface area contributed by atoms with Crippen molar-refractivity contribution in [3.05, 3.63) is 122 Å². The van der Waals surface area contributed by atoms with E-state index in [0.717, 1.165) is 103 Å². The molecule has 0 aliphatic heterocycles. The van der Waals surface area contributed by atoms with Crippen LogP contribution in [0.1, 0.15) is 373 Å². The van der Waals surface area contributed by atoms with Gasteiger partial charge in [-0.1, -0.05) is 373 Å². The zero-order chi connectivity index (χ0) is 71.8. The molecule has 9 nitrogen and oxygen atoms in total. The van der Waals surface area contributed by atoms with Gasteiger partial charge in [0.15, 0.2) is 6.10 Å². The highest BCUT2D eigenvalue weighted by Crippen LogP contribution is 2.19. The second-order valence-electron chi connectivity index (χ2n) is 29.1. The van der Waals surface area contributed by atoms with E-state index < -0.39 is 24.3 Å². The molecule has 0 aliphatic carbocycles. The topological polar surface area (TPSA) is 108 Å². The number of aliphatic carboxylic acids is 1. The standard InChI is InChI=1S/C90H157NO8/c1-6-8-10-12-14-16-18-20-22-24-26-28-30-32-34-36-38-40-42-43-44-45-47-48-50-52-54-56-58-60-62-64-66-68-70-72-74-76-78-80-87(92)97-84-86(85-98-90(89(94)95)96-83-82-91(3,4)5)99-88(93)81-79-77-75-73-71-69-67-65-63-61-59-57-55-53-51-49-46-41-39-37-35-33-31-29-27-25-23-21-19-17-15-13-11-9-7-2/h9,11,15,17-18,20-21,23-24,26-27,29,33,35,39,41,49,51,55,57,86,90H,6-8,10,12-14,16,19,22,25,28,30-32,34,36-38,40,42-48,50,52-54,56,58-85H2,1-5H3/p+1/b11-9-,17-15-,20-18-,23-21-,26-24-,29-27-,35-33-,41-39-,51-49-,57-55-. The molecule has 0 saturated heterocycles. The second-order valence-corrected chi connectivity index (χ2v) is 29.1. The Morgan fingerprint density at radius 2 is 0.576 bits per heavy atom. The van der Waals surface area contributed by atoms with Crippen molar-refractivity contribution in [2.75, 3.05) is 47.5 Å². The monoisotopic (exact) mass is 1380 g/mol. The van der Waals surface area contributed by atoms with Crippen LogP contribution in [-0.4, -0.2) is 87.4 Å². The number of carbonyl (C=O) groups excluding carboxylic acids is 2. The Morgan fingerprint density at radius 3 is 0.859 bits per heavy atom. The molecule has 1 N–H and O–H groups in total. The van der Waals surface area contributed by atoms with Crippen LogP contribution in [0.5, 0.6) is 0 Å². The first kappa shape index (κ1) is 94.7. The molecule has 0 radical (unpaired) electrons. The maximum absolute atomic E-state index is 13.0. The van der Waals surface area contributed by atoms with E-state index in [-0.39, 0.29) is 32.2 Å². The highest BCUT2D eigenvalue weighted by atomic mass is 16.7. The minimum atomic E-state index is -1.52. The van der Waals surface area contributed by atoms with Gasteiger partial charge in [0.2, 0.25) is 0 Å². The number of allylic oxidation sites excluding steroid dienone is 20. The lowest BCUT2D eigenvalue weighted by molar-refractivity contribution is -0.870. The molecule has 0 saturated carbocycles. The molecule has 570 valence electrons. The molecule has 0 spiro atoms. The van der Waals surface area contributed by atoms with Crippen LogP contribution >= 0.6 is 0 Å². The molecule has 2 atom stereocenters. The molecule has 0 rings (SSSR count). The van der Waals surface area contributed by atoms with Gasteiger partial charge in [0.05, 0.1) is 34.4 Å². The molecule has 0 heterocycles. The summed E-state index contributed by atoms with van der Waals surface area (Å²) in [4.78, 5) is 37.8. The number of unbranched alkanes of at least 4 members (excludes halogenated alkanes) is 42. The Bertz CT molecular complexity index is 2050. The summed E-state index contributed by atoms with van der Waals surface area (Å²) in [5, 5.41) is 9.78. The van der Waals surface area contributed by atoms with Gasteiger partial charge < -0.3 is 28.5 Å². The van der Waals surface area contributed by atoms with E-state index in [2.05, 4.69) is 135 Å². The Balaban J connectivity index is 4.01. The molecular formula is C90H158NO8+. The van der Waals surface area contributed by atoms with Gasteiger partial charge in [0, 0.05) is 12.8 Å². The van der Waals surface area contributed by atoms with Gasteiger partial charge in [0.1, 0.15) is 13.2 Å². The van der Waals surface area contributed by atoms with Crippen molar-refractivity contribution < 1.29 is 42.9 Å². The number of hydrogen-bond donors (Lipinski definition) is 1. The normalized spacial score (nSPS) is 13.3. The Morgan fingerprint density at radius 1 is 0.313 bits per heavy atom. The van der Waals surface area contributed by atoms with Gasteiger partial charge in [0.25, 0.3) is 6.29 Å². The van der Waals surface area contributed by atoms with E-state index in [9.17, 15) is 19.5 Å². The van der Waals surface area contributed by atoms with Crippen LogP contribution in [0.15, 0.2) is 122 Å². The molecule has 0 amide bonds. The zero-order valence-corrected chi connectivity index (χ0v) is 65.4. The van der Waals surface area contributed by atoms with Gasteiger partial charge in [-0.3, -0.25) is 9.59 Å². The molecule has 0 aliphatic rings. The quantitative estimate of drug-likeness (QED) is 0.0211. The van der Waals surface area contributed by atoms with Crippen molar-refractivity contribution in [3.8, 4) is 0 Å². The average molecular weight is 1380 g/mol. The summed E-state index contributed by atoms with van der Waals surface area (Å²) >= 11 is 0. The molecule has 9 heteroatoms. The summed E-state index contributed by atoms with van der Waals surface area (Å²) in [7, 11) is 5.99. The van der Waals surface area contributed by atoms with Crippen LogP contribution in [0, 0.1) is 0 Å². The zero-order valence-electron chi connectivity index (χ0n) is 65.4. The van der Waals surface area contributed by atoms with E-state index in [1.807, 2.05) is 21.1 Å². The van der Waals surface area contributed by atoms with Crippen molar-refractivity contribution in [1.29, 1.82) is 0 Å². The number of esters is 2. The van der Waals surface area contributed by atoms with Gasteiger partial charge >= 0.3 is 17.9 Å². The van der Waals surface area contributed by atoms with Gasteiger partial charge in [-0.05, 0) is 109 Å².